The van der Waals surface area contributed by atoms with E-state index in [1.807, 2.05) is 35.4 Å². The Bertz CT molecular complexity index is 2300. The molecule has 10 nitrogen and oxygen atoms in total. The van der Waals surface area contributed by atoms with Crippen molar-refractivity contribution in [2.24, 2.45) is 0 Å². The highest BCUT2D eigenvalue weighted by molar-refractivity contribution is 6.32. The number of piperidine rings is 1. The first-order valence-corrected chi connectivity index (χ1v) is 18.9. The number of fused-ring (bicyclic) bond motifs is 3. The molecule has 274 valence electrons. The fraction of sp³-hybridized carbons (Fsp3) is 0.326. The Morgan fingerprint density at radius 3 is 2.74 bits per heavy atom. The van der Waals surface area contributed by atoms with Gasteiger partial charge >= 0.3 is 5.97 Å². The van der Waals surface area contributed by atoms with Gasteiger partial charge in [-0.25, -0.2) is 4.98 Å². The molecule has 3 aliphatic heterocycles. The second kappa shape index (κ2) is 15.6. The molecule has 2 bridgehead atoms. The molecule has 0 amide bonds. The summed E-state index contributed by atoms with van der Waals surface area (Å²) in [6, 6.07) is 20.2. The molecule has 3 aromatic carbocycles. The van der Waals surface area contributed by atoms with Crippen molar-refractivity contribution in [3.63, 3.8) is 0 Å². The number of pyridine rings is 1. The molecule has 0 saturated carbocycles. The summed E-state index contributed by atoms with van der Waals surface area (Å²) in [6.07, 6.45) is 13.1. The van der Waals surface area contributed by atoms with Gasteiger partial charge in [-0.3, -0.25) is 19.7 Å². The van der Waals surface area contributed by atoms with E-state index in [4.69, 9.17) is 31.0 Å². The Hall–Kier alpha value is -5.34. The highest BCUT2D eigenvalue weighted by Crippen LogP contribution is 2.37. The molecular formula is C43H41ClN6O4. The van der Waals surface area contributed by atoms with Gasteiger partial charge < -0.3 is 19.9 Å². The van der Waals surface area contributed by atoms with Gasteiger partial charge in [0.2, 0.25) is 0 Å². The van der Waals surface area contributed by atoms with Crippen LogP contribution in [-0.4, -0.2) is 55.6 Å². The largest absolute Gasteiger partial charge is 0.488 e. The number of carboxylic acids is 1. The SMILES string of the molecule is Cc1c(COc2cc(OCc3cncc(C#N)c3)c(CN3CCCC[C@H]3C(=O)O)cc2Cl)cccc1-c1ccc2ncc(C3=CC4CCC(C3)N4)nc2c1. The molecule has 0 aliphatic carbocycles. The number of hydrogen-bond donors (Lipinski definition) is 2. The molecule has 3 atom stereocenters. The molecule has 54 heavy (non-hydrogen) atoms. The Labute approximate surface area is 319 Å². The molecule has 2 fully saturated rings. The van der Waals surface area contributed by atoms with Gasteiger partial charge in [-0.15, -0.1) is 0 Å². The molecule has 5 heterocycles. The van der Waals surface area contributed by atoms with E-state index in [0.717, 1.165) is 69.4 Å². The molecule has 2 saturated heterocycles. The van der Waals surface area contributed by atoms with E-state index in [9.17, 15) is 15.2 Å². The Kier molecular flexibility index (Phi) is 10.3. The van der Waals surface area contributed by atoms with Crippen molar-refractivity contribution in [3.8, 4) is 28.7 Å². The number of nitrogens with zero attached hydrogens (tertiary/aromatic N) is 5. The predicted molar refractivity (Wildman–Crippen MR) is 207 cm³/mol. The van der Waals surface area contributed by atoms with Gasteiger partial charge in [0.15, 0.2) is 0 Å². The first kappa shape index (κ1) is 35.7. The molecule has 2 N–H and O–H groups in total. The molecule has 5 aromatic rings. The lowest BCUT2D eigenvalue weighted by atomic mass is 9.96. The zero-order chi connectivity index (χ0) is 37.2. The summed E-state index contributed by atoms with van der Waals surface area (Å²) in [5, 5.41) is 23.3. The van der Waals surface area contributed by atoms with Gasteiger partial charge in [0.05, 0.1) is 33.5 Å². The average molecular weight is 741 g/mol. The van der Waals surface area contributed by atoms with Crippen LogP contribution in [0.15, 0.2) is 79.3 Å². The van der Waals surface area contributed by atoms with Crippen LogP contribution in [0.3, 0.4) is 0 Å². The summed E-state index contributed by atoms with van der Waals surface area (Å²) in [5.74, 6) is 0.149. The van der Waals surface area contributed by atoms with Crippen molar-refractivity contribution in [2.75, 3.05) is 6.54 Å². The summed E-state index contributed by atoms with van der Waals surface area (Å²) >= 11 is 6.87. The highest BCUT2D eigenvalue weighted by Gasteiger charge is 2.30. The first-order valence-electron chi connectivity index (χ1n) is 18.5. The van der Waals surface area contributed by atoms with Gasteiger partial charge in [-0.2, -0.15) is 5.26 Å². The van der Waals surface area contributed by atoms with Crippen molar-refractivity contribution in [1.29, 1.82) is 5.26 Å². The van der Waals surface area contributed by atoms with Crippen molar-refractivity contribution < 1.29 is 19.4 Å². The van der Waals surface area contributed by atoms with Crippen LogP contribution in [0.4, 0.5) is 0 Å². The first-order chi connectivity index (χ1) is 26.3. The third kappa shape index (κ3) is 7.66. The van der Waals surface area contributed by atoms with Crippen molar-refractivity contribution in [2.45, 2.75) is 83.3 Å². The molecule has 2 aromatic heterocycles. The Morgan fingerprint density at radius 2 is 1.89 bits per heavy atom. The summed E-state index contributed by atoms with van der Waals surface area (Å²) < 4.78 is 12.7. The second-order valence-electron chi connectivity index (χ2n) is 14.5. The van der Waals surface area contributed by atoms with Crippen molar-refractivity contribution in [1.82, 2.24) is 25.2 Å². The summed E-state index contributed by atoms with van der Waals surface area (Å²) in [7, 11) is 0. The minimum Gasteiger partial charge on any atom is -0.488 e. The van der Waals surface area contributed by atoms with Crippen LogP contribution >= 0.6 is 11.6 Å². The average Bonchev–Trinajstić information content (AvgIpc) is 3.53. The van der Waals surface area contributed by atoms with Crippen LogP contribution in [0.2, 0.25) is 5.02 Å². The maximum Gasteiger partial charge on any atom is 0.320 e. The molecule has 8 rings (SSSR count). The number of carbonyl (C=O) groups is 1. The predicted octanol–water partition coefficient (Wildman–Crippen LogP) is 8.03. The lowest BCUT2D eigenvalue weighted by Crippen LogP contribution is -2.44. The number of halogens is 1. The van der Waals surface area contributed by atoms with Gasteiger partial charge in [0.1, 0.15) is 36.8 Å². The number of likely N-dealkylation sites (tertiary alicyclic amines) is 1. The van der Waals surface area contributed by atoms with E-state index in [-0.39, 0.29) is 13.2 Å². The van der Waals surface area contributed by atoms with E-state index < -0.39 is 12.0 Å². The Morgan fingerprint density at radius 1 is 1.00 bits per heavy atom. The molecule has 0 radical (unpaired) electrons. The van der Waals surface area contributed by atoms with Gasteiger partial charge in [0, 0.05) is 48.2 Å². The lowest BCUT2D eigenvalue weighted by molar-refractivity contribution is -0.144. The summed E-state index contributed by atoms with van der Waals surface area (Å²) in [5.41, 5.74) is 10.1. The highest BCUT2D eigenvalue weighted by atomic mass is 35.5. The van der Waals surface area contributed by atoms with E-state index in [2.05, 4.69) is 47.6 Å². The third-order valence-electron chi connectivity index (χ3n) is 10.9. The molecule has 0 spiro atoms. The summed E-state index contributed by atoms with van der Waals surface area (Å²) in [6.45, 7) is 3.54. The molecule has 2 unspecified atom stereocenters. The fourth-order valence-electron chi connectivity index (χ4n) is 7.96. The number of aromatic nitrogens is 3. The number of rotatable bonds is 11. The van der Waals surface area contributed by atoms with Gasteiger partial charge in [0.25, 0.3) is 0 Å². The van der Waals surface area contributed by atoms with E-state index >= 15 is 0 Å². The summed E-state index contributed by atoms with van der Waals surface area (Å²) in [4.78, 5) is 28.0. The fourth-order valence-corrected chi connectivity index (χ4v) is 8.20. The Balaban J connectivity index is 1.04. The molecule has 3 aliphatic rings. The standard InChI is InChI=1S/C43H41ClN6O4/c1-26-30(5-4-6-35(26)29-8-11-37-38(17-29)49-39(22-47-37)31-14-33-9-10-34(15-31)48-33)25-54-42-18-41(53-24-28-13-27(19-45)20-46-21-28)32(16-36(42)44)23-50-12-3-2-7-40(50)43(51)52/h4-6,8,11,13-14,16-18,20-22,33-34,40,48H,2-3,7,9-10,12,15,23-25H2,1H3,(H,51,52)/t33?,34?,40-/m0/s1. The molecular weight excluding hydrogens is 700 g/mol. The van der Waals surface area contributed by atoms with Crippen LogP contribution in [0, 0.1) is 18.3 Å². The third-order valence-corrected chi connectivity index (χ3v) is 11.2. The maximum atomic E-state index is 12.1. The van der Waals surface area contributed by atoms with Crippen molar-refractivity contribution in [3.05, 3.63) is 118 Å². The van der Waals surface area contributed by atoms with E-state index in [1.165, 1.54) is 24.6 Å². The normalized spacial score (nSPS) is 19.6. The number of carboxylic acid groups (broad SMARTS) is 1. The quantitative estimate of drug-likeness (QED) is 0.137. The zero-order valence-electron chi connectivity index (χ0n) is 30.1. The molecule has 11 heteroatoms. The minimum absolute atomic E-state index is 0.160. The monoisotopic (exact) mass is 740 g/mol. The van der Waals surface area contributed by atoms with Gasteiger partial charge in [-0.05, 0) is 97.7 Å². The van der Waals surface area contributed by atoms with E-state index in [1.54, 1.807) is 18.3 Å². The van der Waals surface area contributed by atoms with Crippen LogP contribution in [0.5, 0.6) is 11.5 Å². The smallest absolute Gasteiger partial charge is 0.320 e. The van der Waals surface area contributed by atoms with E-state index in [0.29, 0.717) is 53.7 Å². The van der Waals surface area contributed by atoms with Crippen LogP contribution in [-0.2, 0) is 24.6 Å². The maximum absolute atomic E-state index is 12.1. The number of nitriles is 1. The number of nitrogens with one attached hydrogen (secondary N) is 1. The van der Waals surface area contributed by atoms with Crippen LogP contribution in [0.25, 0.3) is 27.7 Å². The van der Waals surface area contributed by atoms with Gasteiger partial charge in [-0.1, -0.05) is 48.4 Å². The number of ether oxygens (including phenoxy) is 2. The number of hydrogen-bond acceptors (Lipinski definition) is 9. The number of benzene rings is 3. The topological polar surface area (TPSA) is 133 Å². The second-order valence-corrected chi connectivity index (χ2v) is 14.9. The number of aliphatic carboxylic acids is 1. The minimum atomic E-state index is -0.831. The lowest BCUT2D eigenvalue weighted by Gasteiger charge is -2.33. The van der Waals surface area contributed by atoms with Crippen LogP contribution < -0.4 is 14.8 Å². The van der Waals surface area contributed by atoms with Crippen LogP contribution in [0.1, 0.15) is 72.0 Å². The van der Waals surface area contributed by atoms with Crippen molar-refractivity contribution >= 4 is 34.2 Å². The zero-order valence-corrected chi connectivity index (χ0v) is 30.9.